The Labute approximate surface area is 113 Å². The van der Waals surface area contributed by atoms with Gasteiger partial charge in [0, 0.05) is 6.07 Å². The number of nitro groups is 1. The summed E-state index contributed by atoms with van der Waals surface area (Å²) >= 11 is 1.20. The van der Waals surface area contributed by atoms with Crippen molar-refractivity contribution in [3.8, 4) is 0 Å². The van der Waals surface area contributed by atoms with Crippen LogP contribution >= 0.6 is 11.8 Å². The molecule has 0 aliphatic rings. The molecule has 8 heteroatoms. The van der Waals surface area contributed by atoms with Gasteiger partial charge in [0.15, 0.2) is 6.61 Å². The van der Waals surface area contributed by atoms with Crippen LogP contribution in [0, 0.1) is 10.1 Å². The molecule has 19 heavy (non-hydrogen) atoms. The van der Waals surface area contributed by atoms with Gasteiger partial charge < -0.3 is 9.47 Å². The second kappa shape index (κ2) is 6.74. The second-order valence-electron chi connectivity index (χ2n) is 3.30. The van der Waals surface area contributed by atoms with Crippen molar-refractivity contribution in [1.29, 1.82) is 0 Å². The summed E-state index contributed by atoms with van der Waals surface area (Å²) in [5.74, 6) is -1.52. The van der Waals surface area contributed by atoms with Crippen LogP contribution in [-0.2, 0) is 14.3 Å². The quantitative estimate of drug-likeness (QED) is 0.351. The average molecular weight is 285 g/mol. The molecule has 0 radical (unpaired) electrons. The van der Waals surface area contributed by atoms with Crippen LogP contribution in [0.3, 0.4) is 0 Å². The number of nitro benzene ring substituents is 1. The van der Waals surface area contributed by atoms with Gasteiger partial charge in [0.2, 0.25) is 0 Å². The zero-order chi connectivity index (χ0) is 14.4. The van der Waals surface area contributed by atoms with Gasteiger partial charge in [-0.2, -0.15) is 0 Å². The van der Waals surface area contributed by atoms with Crippen LogP contribution in [0.15, 0.2) is 23.1 Å². The van der Waals surface area contributed by atoms with E-state index in [2.05, 4.69) is 9.47 Å². The number of ether oxygens (including phenoxy) is 2. The first-order valence-electron chi connectivity index (χ1n) is 5.06. The van der Waals surface area contributed by atoms with Crippen molar-refractivity contribution in [2.45, 2.75) is 4.90 Å². The van der Waals surface area contributed by atoms with Crippen LogP contribution in [0.1, 0.15) is 10.4 Å². The summed E-state index contributed by atoms with van der Waals surface area (Å²) in [6.45, 7) is -0.534. The molecule has 0 bridgehead atoms. The predicted octanol–water partition coefficient (Wildman–Crippen LogP) is 1.65. The van der Waals surface area contributed by atoms with Gasteiger partial charge in [0.25, 0.3) is 5.69 Å². The zero-order valence-corrected chi connectivity index (χ0v) is 11.1. The molecule has 1 aromatic carbocycles. The molecule has 102 valence electrons. The van der Waals surface area contributed by atoms with Crippen LogP contribution in [0.2, 0.25) is 0 Å². The fraction of sp³-hybridized carbons (Fsp3) is 0.273. The monoisotopic (exact) mass is 285 g/mol. The predicted molar refractivity (Wildman–Crippen MR) is 67.2 cm³/mol. The number of hydrogen-bond acceptors (Lipinski definition) is 7. The summed E-state index contributed by atoms with van der Waals surface area (Å²) in [4.78, 5) is 33.1. The fourth-order valence-electron chi connectivity index (χ4n) is 1.23. The van der Waals surface area contributed by atoms with E-state index in [4.69, 9.17) is 0 Å². The fourth-order valence-corrected chi connectivity index (χ4v) is 1.77. The highest BCUT2D eigenvalue weighted by Gasteiger charge is 2.18. The highest BCUT2D eigenvalue weighted by Crippen LogP contribution is 2.28. The molecule has 0 heterocycles. The third kappa shape index (κ3) is 3.95. The van der Waals surface area contributed by atoms with Gasteiger partial charge in [-0.15, -0.1) is 11.8 Å². The Morgan fingerprint density at radius 2 is 2.11 bits per heavy atom. The van der Waals surface area contributed by atoms with E-state index in [9.17, 15) is 19.7 Å². The lowest BCUT2D eigenvalue weighted by atomic mass is 10.2. The third-order valence-corrected chi connectivity index (χ3v) is 2.95. The molecule has 0 spiro atoms. The summed E-state index contributed by atoms with van der Waals surface area (Å²) in [6.07, 6.45) is 1.69. The average Bonchev–Trinajstić information content (AvgIpc) is 2.43. The van der Waals surface area contributed by atoms with Crippen molar-refractivity contribution in [2.24, 2.45) is 0 Å². The maximum atomic E-state index is 11.6. The number of esters is 2. The van der Waals surface area contributed by atoms with Crippen molar-refractivity contribution >= 4 is 29.4 Å². The number of rotatable bonds is 5. The molecule has 0 N–H and O–H groups in total. The van der Waals surface area contributed by atoms with Gasteiger partial charge in [-0.05, 0) is 18.4 Å². The third-order valence-electron chi connectivity index (χ3n) is 2.16. The Kier molecular flexibility index (Phi) is 5.31. The highest BCUT2D eigenvalue weighted by atomic mass is 32.2. The van der Waals surface area contributed by atoms with E-state index in [1.807, 2.05) is 0 Å². The second-order valence-corrected chi connectivity index (χ2v) is 4.14. The van der Waals surface area contributed by atoms with Crippen LogP contribution in [0.5, 0.6) is 0 Å². The van der Waals surface area contributed by atoms with Crippen LogP contribution in [0.25, 0.3) is 0 Å². The van der Waals surface area contributed by atoms with E-state index in [1.165, 1.54) is 23.9 Å². The summed E-state index contributed by atoms with van der Waals surface area (Å²) in [5, 5.41) is 10.8. The molecule has 0 aliphatic heterocycles. The number of benzene rings is 1. The number of methoxy groups -OCH3 is 1. The first-order chi connectivity index (χ1) is 8.99. The summed E-state index contributed by atoms with van der Waals surface area (Å²) in [6, 6.07) is 3.97. The van der Waals surface area contributed by atoms with Crippen LogP contribution in [-0.4, -0.2) is 36.8 Å². The smallest absolute Gasteiger partial charge is 0.344 e. The van der Waals surface area contributed by atoms with Gasteiger partial charge in [-0.25, -0.2) is 9.59 Å². The number of thioether (sulfide) groups is 1. The lowest BCUT2D eigenvalue weighted by molar-refractivity contribution is -0.387. The minimum Gasteiger partial charge on any atom is -0.466 e. The number of nitrogens with zero attached hydrogens (tertiary/aromatic N) is 1. The summed E-state index contributed by atoms with van der Waals surface area (Å²) in [7, 11) is 1.16. The van der Waals surface area contributed by atoms with Crippen molar-refractivity contribution in [3.05, 3.63) is 33.9 Å². The van der Waals surface area contributed by atoms with Gasteiger partial charge in [-0.1, -0.05) is 0 Å². The Bertz CT molecular complexity index is 516. The summed E-state index contributed by atoms with van der Waals surface area (Å²) < 4.78 is 8.95. The Balaban J connectivity index is 2.89. The molecular weight excluding hydrogens is 274 g/mol. The Morgan fingerprint density at radius 3 is 2.63 bits per heavy atom. The topological polar surface area (TPSA) is 95.7 Å². The standard InChI is InChI=1S/C11H11NO6S/c1-17-10(13)6-18-11(14)7-3-4-9(19-2)8(5-7)12(15)16/h3-5H,6H2,1-2H3. The normalized spacial score (nSPS) is 9.79. The molecule has 0 aromatic heterocycles. The van der Waals surface area contributed by atoms with Gasteiger partial charge in [-0.3, -0.25) is 10.1 Å². The molecule has 0 unspecified atom stereocenters. The lowest BCUT2D eigenvalue weighted by Crippen LogP contribution is -2.15. The van der Waals surface area contributed by atoms with Gasteiger partial charge >= 0.3 is 11.9 Å². The van der Waals surface area contributed by atoms with Gasteiger partial charge in [0.05, 0.1) is 22.5 Å². The largest absolute Gasteiger partial charge is 0.466 e. The van der Waals surface area contributed by atoms with Crippen LogP contribution < -0.4 is 0 Å². The number of carbonyl (C=O) groups excluding carboxylic acids is 2. The lowest BCUT2D eigenvalue weighted by Gasteiger charge is -2.05. The maximum absolute atomic E-state index is 11.6. The minimum atomic E-state index is -0.818. The Morgan fingerprint density at radius 1 is 1.42 bits per heavy atom. The van der Waals surface area contributed by atoms with Crippen LogP contribution in [0.4, 0.5) is 5.69 Å². The van der Waals surface area contributed by atoms with E-state index in [1.54, 1.807) is 6.26 Å². The van der Waals surface area contributed by atoms with Gasteiger partial charge in [0.1, 0.15) is 0 Å². The van der Waals surface area contributed by atoms with E-state index < -0.39 is 23.5 Å². The summed E-state index contributed by atoms with van der Waals surface area (Å²) in [5.41, 5.74) is -0.173. The first kappa shape index (κ1) is 15.0. The SMILES string of the molecule is COC(=O)COC(=O)c1ccc(SC)c([N+](=O)[O-])c1. The maximum Gasteiger partial charge on any atom is 0.344 e. The molecule has 0 atom stereocenters. The number of hydrogen-bond donors (Lipinski definition) is 0. The first-order valence-corrected chi connectivity index (χ1v) is 6.28. The highest BCUT2D eigenvalue weighted by molar-refractivity contribution is 7.98. The molecule has 1 rings (SSSR count). The van der Waals surface area contributed by atoms with E-state index >= 15 is 0 Å². The van der Waals surface area contributed by atoms with E-state index in [0.717, 1.165) is 13.2 Å². The van der Waals surface area contributed by atoms with Crippen molar-refractivity contribution in [3.63, 3.8) is 0 Å². The molecule has 0 aliphatic carbocycles. The molecule has 0 amide bonds. The molecule has 0 saturated carbocycles. The molecule has 1 aromatic rings. The molecule has 0 saturated heterocycles. The molecule has 7 nitrogen and oxygen atoms in total. The minimum absolute atomic E-state index is 0.00778. The van der Waals surface area contributed by atoms with E-state index in [-0.39, 0.29) is 11.3 Å². The molecule has 0 fully saturated rings. The van der Waals surface area contributed by atoms with E-state index in [0.29, 0.717) is 4.90 Å². The Hall–Kier alpha value is -2.09. The van der Waals surface area contributed by atoms with Crippen molar-refractivity contribution < 1.29 is 24.0 Å². The number of carbonyl (C=O) groups is 2. The zero-order valence-electron chi connectivity index (χ0n) is 10.2. The molecular formula is C11H11NO6S. The van der Waals surface area contributed by atoms with Crippen molar-refractivity contribution in [2.75, 3.05) is 20.0 Å². The van der Waals surface area contributed by atoms with Crippen molar-refractivity contribution in [1.82, 2.24) is 0 Å².